The van der Waals surface area contributed by atoms with Gasteiger partial charge < -0.3 is 5.32 Å². The van der Waals surface area contributed by atoms with Crippen molar-refractivity contribution in [2.24, 2.45) is 0 Å². The number of nitrogens with one attached hydrogen (secondary N) is 1. The highest BCUT2D eigenvalue weighted by Crippen LogP contribution is 2.26. The molecule has 1 saturated heterocycles. The molecule has 2 aromatic rings. The maximum Gasteiger partial charge on any atom is 0.269 e. The minimum Gasteiger partial charge on any atom is -0.360 e. The maximum atomic E-state index is 12.4. The fourth-order valence-electron chi connectivity index (χ4n) is 2.11. The normalized spacial score (nSPS) is 19.4. The molecule has 0 spiro atoms. The van der Waals surface area contributed by atoms with Crippen LogP contribution in [-0.2, 0) is 15.6 Å². The van der Waals surface area contributed by atoms with Crippen LogP contribution in [0.2, 0.25) is 10.0 Å². The van der Waals surface area contributed by atoms with Crippen LogP contribution in [0.15, 0.2) is 59.6 Å². The van der Waals surface area contributed by atoms with E-state index in [1.54, 1.807) is 48.5 Å². The van der Waals surface area contributed by atoms with Gasteiger partial charge in [-0.2, -0.15) is 0 Å². The summed E-state index contributed by atoms with van der Waals surface area (Å²) in [5.41, 5.74) is 1.43. The van der Waals surface area contributed by atoms with Gasteiger partial charge in [-0.15, -0.1) is 0 Å². The number of amides is 1. The molecule has 1 aliphatic heterocycles. The molecule has 1 amide bonds. The van der Waals surface area contributed by atoms with Crippen molar-refractivity contribution in [1.82, 2.24) is 0 Å². The van der Waals surface area contributed by atoms with E-state index in [1.807, 2.05) is 0 Å². The number of benzene rings is 2. The summed E-state index contributed by atoms with van der Waals surface area (Å²) in [5, 5.41) is 4.18. The highest BCUT2D eigenvalue weighted by molar-refractivity contribution is 7.90. The standard InChI is InChI=1S/C16H12Cl2N2O2S/c17-11-1-5-13(6-2-11)19-9-15-16(21)20(10-23(15)22)14-7-3-12(18)4-8-14/h1-9,19H,10H2/b15-9+/t23-/m1/s1. The Balaban J connectivity index is 1.79. The lowest BCUT2D eigenvalue weighted by Crippen LogP contribution is -2.24. The lowest BCUT2D eigenvalue weighted by molar-refractivity contribution is -0.114. The van der Waals surface area contributed by atoms with Crippen LogP contribution in [0.25, 0.3) is 0 Å². The lowest BCUT2D eigenvalue weighted by atomic mass is 10.3. The zero-order valence-electron chi connectivity index (χ0n) is 11.8. The summed E-state index contributed by atoms with van der Waals surface area (Å²) < 4.78 is 12.2. The second-order valence-electron chi connectivity index (χ2n) is 4.84. The van der Waals surface area contributed by atoms with Gasteiger partial charge in [-0.25, -0.2) is 0 Å². The smallest absolute Gasteiger partial charge is 0.269 e. The van der Waals surface area contributed by atoms with Gasteiger partial charge in [-0.3, -0.25) is 13.9 Å². The first kappa shape index (κ1) is 16.1. The number of halogens is 2. The molecule has 1 atom stereocenters. The van der Waals surface area contributed by atoms with Gasteiger partial charge in [-0.05, 0) is 48.5 Å². The molecule has 0 aromatic heterocycles. The van der Waals surface area contributed by atoms with Gasteiger partial charge in [0.05, 0.1) is 10.8 Å². The molecule has 0 bridgehead atoms. The van der Waals surface area contributed by atoms with Gasteiger partial charge >= 0.3 is 0 Å². The molecular formula is C16H12Cl2N2O2S. The molecule has 7 heteroatoms. The zero-order chi connectivity index (χ0) is 16.4. The lowest BCUT2D eigenvalue weighted by Gasteiger charge is -2.13. The Morgan fingerprint density at radius 2 is 1.57 bits per heavy atom. The molecule has 0 unspecified atom stereocenters. The summed E-state index contributed by atoms with van der Waals surface area (Å²) in [6, 6.07) is 13.9. The van der Waals surface area contributed by atoms with Crippen molar-refractivity contribution >= 4 is 51.3 Å². The highest BCUT2D eigenvalue weighted by Gasteiger charge is 2.33. The fourth-order valence-corrected chi connectivity index (χ4v) is 3.50. The van der Waals surface area contributed by atoms with Crippen molar-refractivity contribution in [2.45, 2.75) is 0 Å². The van der Waals surface area contributed by atoms with Crippen molar-refractivity contribution in [3.63, 3.8) is 0 Å². The van der Waals surface area contributed by atoms with E-state index in [2.05, 4.69) is 5.32 Å². The first-order valence-corrected chi connectivity index (χ1v) is 8.80. The summed E-state index contributed by atoms with van der Waals surface area (Å²) in [7, 11) is -1.39. The van der Waals surface area contributed by atoms with Gasteiger partial charge in [0.25, 0.3) is 5.91 Å². The Kier molecular flexibility index (Phi) is 4.71. The van der Waals surface area contributed by atoms with E-state index >= 15 is 0 Å². The average molecular weight is 367 g/mol. The van der Waals surface area contributed by atoms with Crippen LogP contribution in [0.1, 0.15) is 0 Å². The van der Waals surface area contributed by atoms with E-state index in [9.17, 15) is 9.00 Å². The third-order valence-corrected chi connectivity index (χ3v) is 5.08. The SMILES string of the molecule is O=C1/C(=C\Nc2ccc(Cl)cc2)[S@](=O)CN1c1ccc(Cl)cc1. The van der Waals surface area contributed by atoms with Crippen molar-refractivity contribution in [3.05, 3.63) is 69.7 Å². The number of carbonyl (C=O) groups excluding carboxylic acids is 1. The van der Waals surface area contributed by atoms with Crippen LogP contribution in [0, 0.1) is 0 Å². The van der Waals surface area contributed by atoms with Crippen LogP contribution in [0.4, 0.5) is 11.4 Å². The van der Waals surface area contributed by atoms with E-state index in [4.69, 9.17) is 23.2 Å². The average Bonchev–Trinajstić information content (AvgIpc) is 2.82. The van der Waals surface area contributed by atoms with Crippen LogP contribution in [-0.4, -0.2) is 16.0 Å². The summed E-state index contributed by atoms with van der Waals surface area (Å²) in [4.78, 5) is 14.2. The van der Waals surface area contributed by atoms with Crippen molar-refractivity contribution < 1.29 is 9.00 Å². The van der Waals surface area contributed by atoms with Crippen LogP contribution in [0.3, 0.4) is 0 Å². The Bertz CT molecular complexity index is 789. The van der Waals surface area contributed by atoms with E-state index in [1.165, 1.54) is 11.1 Å². The molecule has 0 aliphatic carbocycles. The van der Waals surface area contributed by atoms with E-state index in [0.717, 1.165) is 5.69 Å². The molecule has 1 heterocycles. The van der Waals surface area contributed by atoms with Gasteiger partial charge in [0.2, 0.25) is 0 Å². The Hall–Kier alpha value is -1.82. The third kappa shape index (κ3) is 3.58. The van der Waals surface area contributed by atoms with Gasteiger partial charge in [0.15, 0.2) is 0 Å². The predicted octanol–water partition coefficient (Wildman–Crippen LogP) is 4.00. The summed E-state index contributed by atoms with van der Waals surface area (Å²) in [6.45, 7) is 0. The highest BCUT2D eigenvalue weighted by atomic mass is 35.5. The van der Waals surface area contributed by atoms with Gasteiger partial charge in [-0.1, -0.05) is 23.2 Å². The summed E-state index contributed by atoms with van der Waals surface area (Å²) in [5.74, 6) is -0.152. The number of anilines is 2. The van der Waals surface area contributed by atoms with Crippen molar-refractivity contribution in [2.75, 3.05) is 16.1 Å². The first-order chi connectivity index (χ1) is 11.0. The molecule has 0 radical (unpaired) electrons. The number of carbonyl (C=O) groups is 1. The van der Waals surface area contributed by atoms with Gasteiger partial charge in [0, 0.05) is 27.6 Å². The molecular weight excluding hydrogens is 355 g/mol. The number of hydrogen-bond donors (Lipinski definition) is 1. The van der Waals surface area contributed by atoms with Crippen LogP contribution in [0.5, 0.6) is 0 Å². The van der Waals surface area contributed by atoms with Crippen molar-refractivity contribution in [3.8, 4) is 0 Å². The van der Waals surface area contributed by atoms with E-state index in [0.29, 0.717) is 15.7 Å². The largest absolute Gasteiger partial charge is 0.360 e. The van der Waals surface area contributed by atoms with Crippen molar-refractivity contribution in [1.29, 1.82) is 0 Å². The molecule has 1 fully saturated rings. The second-order valence-corrected chi connectivity index (χ2v) is 7.11. The monoisotopic (exact) mass is 366 g/mol. The molecule has 4 nitrogen and oxygen atoms in total. The third-order valence-electron chi connectivity index (χ3n) is 3.30. The second kappa shape index (κ2) is 6.74. The summed E-state index contributed by atoms with van der Waals surface area (Å²) >= 11 is 11.7. The molecule has 3 rings (SSSR count). The quantitative estimate of drug-likeness (QED) is 0.835. The molecule has 1 N–H and O–H groups in total. The summed E-state index contributed by atoms with van der Waals surface area (Å²) in [6.07, 6.45) is 1.48. The van der Waals surface area contributed by atoms with Gasteiger partial charge in [0.1, 0.15) is 10.8 Å². The zero-order valence-corrected chi connectivity index (χ0v) is 14.2. The Labute approximate surface area is 146 Å². The first-order valence-electron chi connectivity index (χ1n) is 6.73. The van der Waals surface area contributed by atoms with E-state index in [-0.39, 0.29) is 16.7 Å². The van der Waals surface area contributed by atoms with Crippen LogP contribution < -0.4 is 10.2 Å². The number of rotatable bonds is 3. The van der Waals surface area contributed by atoms with E-state index < -0.39 is 10.8 Å². The molecule has 0 saturated carbocycles. The Morgan fingerprint density at radius 1 is 1.00 bits per heavy atom. The minimum absolute atomic E-state index is 0.134. The van der Waals surface area contributed by atoms with Crippen LogP contribution >= 0.6 is 23.2 Å². The fraction of sp³-hybridized carbons (Fsp3) is 0.0625. The minimum atomic E-state index is -1.39. The predicted molar refractivity (Wildman–Crippen MR) is 95.1 cm³/mol. The molecule has 118 valence electrons. The molecule has 23 heavy (non-hydrogen) atoms. The maximum absolute atomic E-state index is 12.4. The molecule has 2 aromatic carbocycles. The topological polar surface area (TPSA) is 49.4 Å². The molecule has 1 aliphatic rings. The number of nitrogens with zero attached hydrogens (tertiary/aromatic N) is 1. The number of hydrogen-bond acceptors (Lipinski definition) is 3. The Morgan fingerprint density at radius 3 is 2.17 bits per heavy atom.